The third-order valence-corrected chi connectivity index (χ3v) is 5.06. The van der Waals surface area contributed by atoms with Crippen molar-refractivity contribution in [3.63, 3.8) is 0 Å². The van der Waals surface area contributed by atoms with Crippen molar-refractivity contribution in [1.29, 1.82) is 0 Å². The number of hydrogen-bond acceptors (Lipinski definition) is 5. The Labute approximate surface area is 191 Å². The quantitative estimate of drug-likeness (QED) is 0.365. The summed E-state index contributed by atoms with van der Waals surface area (Å²) in [5, 5.41) is 16.3. The SMILES string of the molecule is Cc1c(C(=O)Nc2ccc(NC(=O)NCc3ccco3)cc2)nnn1-c1cccc(Br)c1. The van der Waals surface area contributed by atoms with Gasteiger partial charge in [0.25, 0.3) is 5.91 Å². The molecule has 0 bridgehead atoms. The van der Waals surface area contributed by atoms with E-state index in [2.05, 4.69) is 42.2 Å². The zero-order valence-corrected chi connectivity index (χ0v) is 18.6. The molecule has 0 aliphatic carbocycles. The van der Waals surface area contributed by atoms with Gasteiger partial charge in [-0.2, -0.15) is 0 Å². The summed E-state index contributed by atoms with van der Waals surface area (Å²) in [5.74, 6) is 0.283. The summed E-state index contributed by atoms with van der Waals surface area (Å²) >= 11 is 3.43. The molecule has 10 heteroatoms. The number of amides is 3. The summed E-state index contributed by atoms with van der Waals surface area (Å²) in [7, 11) is 0. The van der Waals surface area contributed by atoms with Crippen LogP contribution in [0.4, 0.5) is 16.2 Å². The molecule has 162 valence electrons. The van der Waals surface area contributed by atoms with Gasteiger partial charge in [0.15, 0.2) is 5.69 Å². The number of nitrogens with zero attached hydrogens (tertiary/aromatic N) is 3. The first-order valence-corrected chi connectivity index (χ1v) is 10.5. The second kappa shape index (κ2) is 9.48. The van der Waals surface area contributed by atoms with Gasteiger partial charge in [0.1, 0.15) is 5.76 Å². The predicted octanol–water partition coefficient (Wildman–Crippen LogP) is 4.51. The summed E-state index contributed by atoms with van der Waals surface area (Å²) in [6.45, 7) is 2.07. The fraction of sp³-hybridized carbons (Fsp3) is 0.0909. The number of carbonyl (C=O) groups is 2. The number of furan rings is 1. The maximum absolute atomic E-state index is 12.7. The number of urea groups is 1. The van der Waals surface area contributed by atoms with E-state index in [1.807, 2.05) is 24.3 Å². The molecule has 3 amide bonds. The average Bonchev–Trinajstić information content (AvgIpc) is 3.43. The van der Waals surface area contributed by atoms with E-state index in [0.29, 0.717) is 22.8 Å². The minimum absolute atomic E-state index is 0.226. The number of rotatable bonds is 6. The zero-order chi connectivity index (χ0) is 22.5. The zero-order valence-electron chi connectivity index (χ0n) is 17.0. The smallest absolute Gasteiger partial charge is 0.319 e. The van der Waals surface area contributed by atoms with Crippen molar-refractivity contribution in [3.05, 3.63) is 88.5 Å². The van der Waals surface area contributed by atoms with Crippen molar-refractivity contribution >= 4 is 39.2 Å². The maximum Gasteiger partial charge on any atom is 0.319 e. The average molecular weight is 495 g/mol. The van der Waals surface area contributed by atoms with Gasteiger partial charge in [-0.05, 0) is 61.5 Å². The van der Waals surface area contributed by atoms with Crippen LogP contribution in [0.1, 0.15) is 21.9 Å². The Hall–Kier alpha value is -3.92. The lowest BCUT2D eigenvalue weighted by Crippen LogP contribution is -2.27. The highest BCUT2D eigenvalue weighted by atomic mass is 79.9. The summed E-state index contributed by atoms with van der Waals surface area (Å²) < 4.78 is 7.67. The Bertz CT molecular complexity index is 1240. The topological polar surface area (TPSA) is 114 Å². The van der Waals surface area contributed by atoms with Crippen molar-refractivity contribution in [1.82, 2.24) is 20.3 Å². The summed E-state index contributed by atoms with van der Waals surface area (Å²) in [4.78, 5) is 24.7. The van der Waals surface area contributed by atoms with Crippen LogP contribution < -0.4 is 16.0 Å². The molecule has 2 aromatic carbocycles. The van der Waals surface area contributed by atoms with Gasteiger partial charge in [-0.3, -0.25) is 4.79 Å². The van der Waals surface area contributed by atoms with E-state index in [4.69, 9.17) is 4.42 Å². The number of benzene rings is 2. The van der Waals surface area contributed by atoms with E-state index in [0.717, 1.165) is 10.2 Å². The highest BCUT2D eigenvalue weighted by Gasteiger charge is 2.17. The molecule has 2 heterocycles. The minimum Gasteiger partial charge on any atom is -0.467 e. The van der Waals surface area contributed by atoms with E-state index in [9.17, 15) is 9.59 Å². The molecule has 0 aliphatic heterocycles. The fourth-order valence-electron chi connectivity index (χ4n) is 2.98. The van der Waals surface area contributed by atoms with Gasteiger partial charge in [0.05, 0.1) is 24.2 Å². The van der Waals surface area contributed by atoms with Crippen molar-refractivity contribution in [2.45, 2.75) is 13.5 Å². The van der Waals surface area contributed by atoms with Gasteiger partial charge in [0, 0.05) is 15.8 Å². The van der Waals surface area contributed by atoms with Gasteiger partial charge in [-0.15, -0.1) is 5.10 Å². The van der Waals surface area contributed by atoms with E-state index < -0.39 is 0 Å². The molecule has 0 radical (unpaired) electrons. The molecule has 32 heavy (non-hydrogen) atoms. The Morgan fingerprint density at radius 3 is 2.47 bits per heavy atom. The summed E-state index contributed by atoms with van der Waals surface area (Å²) in [5.41, 5.74) is 2.78. The van der Waals surface area contributed by atoms with Gasteiger partial charge < -0.3 is 20.4 Å². The third-order valence-electron chi connectivity index (χ3n) is 4.57. The molecular weight excluding hydrogens is 476 g/mol. The monoisotopic (exact) mass is 494 g/mol. The number of carbonyl (C=O) groups excluding carboxylic acids is 2. The van der Waals surface area contributed by atoms with Crippen LogP contribution >= 0.6 is 15.9 Å². The van der Waals surface area contributed by atoms with Gasteiger partial charge in [-0.25, -0.2) is 9.48 Å². The molecular formula is C22H19BrN6O3. The first-order valence-electron chi connectivity index (χ1n) is 9.66. The van der Waals surface area contributed by atoms with Crippen LogP contribution in [0.2, 0.25) is 0 Å². The van der Waals surface area contributed by atoms with Gasteiger partial charge in [-0.1, -0.05) is 27.2 Å². The molecule has 9 nitrogen and oxygen atoms in total. The van der Waals surface area contributed by atoms with Crippen molar-refractivity contribution < 1.29 is 14.0 Å². The Kier molecular flexibility index (Phi) is 6.31. The second-order valence-corrected chi connectivity index (χ2v) is 7.75. The number of aromatic nitrogens is 3. The van der Waals surface area contributed by atoms with Crippen LogP contribution in [0.25, 0.3) is 5.69 Å². The lowest BCUT2D eigenvalue weighted by Gasteiger charge is -2.08. The minimum atomic E-state index is -0.374. The van der Waals surface area contributed by atoms with Crippen LogP contribution in [0.5, 0.6) is 0 Å². The molecule has 0 atom stereocenters. The molecule has 0 saturated heterocycles. The van der Waals surface area contributed by atoms with Gasteiger partial charge in [0.2, 0.25) is 0 Å². The lowest BCUT2D eigenvalue weighted by molar-refractivity contribution is 0.102. The van der Waals surface area contributed by atoms with Gasteiger partial charge >= 0.3 is 6.03 Å². The van der Waals surface area contributed by atoms with E-state index in [-0.39, 0.29) is 24.2 Å². The van der Waals surface area contributed by atoms with E-state index in [1.54, 1.807) is 54.3 Å². The number of halogens is 1. The predicted molar refractivity (Wildman–Crippen MR) is 123 cm³/mol. The molecule has 4 aromatic rings. The first-order chi connectivity index (χ1) is 15.5. The molecule has 0 unspecified atom stereocenters. The molecule has 0 saturated carbocycles. The molecule has 3 N–H and O–H groups in total. The number of nitrogens with one attached hydrogen (secondary N) is 3. The summed E-state index contributed by atoms with van der Waals surface area (Å²) in [6.07, 6.45) is 1.55. The van der Waals surface area contributed by atoms with Crippen molar-refractivity contribution in [2.24, 2.45) is 0 Å². The first kappa shape index (κ1) is 21.3. The van der Waals surface area contributed by atoms with Crippen molar-refractivity contribution in [3.8, 4) is 5.69 Å². The summed E-state index contributed by atoms with van der Waals surface area (Å²) in [6, 6.07) is 17.5. The highest BCUT2D eigenvalue weighted by molar-refractivity contribution is 9.10. The van der Waals surface area contributed by atoms with Crippen LogP contribution in [0, 0.1) is 6.92 Å². The maximum atomic E-state index is 12.7. The Morgan fingerprint density at radius 1 is 1.03 bits per heavy atom. The Morgan fingerprint density at radius 2 is 1.78 bits per heavy atom. The highest BCUT2D eigenvalue weighted by Crippen LogP contribution is 2.19. The van der Waals surface area contributed by atoms with Crippen molar-refractivity contribution in [2.75, 3.05) is 10.6 Å². The van der Waals surface area contributed by atoms with Crippen LogP contribution in [0.3, 0.4) is 0 Å². The lowest BCUT2D eigenvalue weighted by atomic mass is 10.2. The molecule has 0 aliphatic rings. The van der Waals surface area contributed by atoms with Crippen LogP contribution in [-0.2, 0) is 6.54 Å². The Balaban J connectivity index is 1.36. The molecule has 2 aromatic heterocycles. The standard InChI is InChI=1S/C22H19BrN6O3/c1-14-20(27-28-29(14)18-5-2-4-15(23)12-18)21(30)25-16-7-9-17(10-8-16)26-22(31)24-13-19-6-3-11-32-19/h2-12H,13H2,1H3,(H,25,30)(H2,24,26,31). The number of anilines is 2. The molecule has 0 spiro atoms. The molecule has 0 fully saturated rings. The molecule has 4 rings (SSSR count). The van der Waals surface area contributed by atoms with E-state index >= 15 is 0 Å². The van der Waals surface area contributed by atoms with Crippen LogP contribution in [-0.4, -0.2) is 26.9 Å². The fourth-order valence-corrected chi connectivity index (χ4v) is 3.36. The third kappa shape index (κ3) is 5.03. The van der Waals surface area contributed by atoms with E-state index in [1.165, 1.54) is 0 Å². The second-order valence-electron chi connectivity index (χ2n) is 6.83. The normalized spacial score (nSPS) is 10.6. The number of hydrogen-bond donors (Lipinski definition) is 3. The van der Waals surface area contributed by atoms with Crippen LogP contribution in [0.15, 0.2) is 75.8 Å². The largest absolute Gasteiger partial charge is 0.467 e.